The first-order chi connectivity index (χ1) is 13.4. The van der Waals surface area contributed by atoms with Crippen molar-refractivity contribution >= 4 is 23.2 Å². The summed E-state index contributed by atoms with van der Waals surface area (Å²) >= 11 is 0. The summed E-state index contributed by atoms with van der Waals surface area (Å²) in [5.74, 6) is 1.23. The first kappa shape index (κ1) is 19.0. The molecule has 2 aliphatic rings. The molecule has 2 aliphatic heterocycles. The van der Waals surface area contributed by atoms with E-state index in [2.05, 4.69) is 20.9 Å². The van der Waals surface area contributed by atoms with Gasteiger partial charge in [-0.25, -0.2) is 14.8 Å². The van der Waals surface area contributed by atoms with Crippen molar-refractivity contribution in [3.8, 4) is 0 Å². The molecule has 2 aromatic rings. The van der Waals surface area contributed by atoms with E-state index in [0.29, 0.717) is 19.0 Å². The maximum absolute atomic E-state index is 12.3. The highest BCUT2D eigenvalue weighted by Gasteiger charge is 2.29. The highest BCUT2D eigenvalue weighted by Crippen LogP contribution is 2.33. The third-order valence-electron chi connectivity index (χ3n) is 5.30. The van der Waals surface area contributed by atoms with Crippen molar-refractivity contribution in [3.05, 3.63) is 17.8 Å². The van der Waals surface area contributed by atoms with E-state index in [9.17, 15) is 4.79 Å². The number of aromatic nitrogens is 3. The second-order valence-electron chi connectivity index (χ2n) is 8.50. The maximum Gasteiger partial charge on any atom is 0.410 e. The smallest absolute Gasteiger partial charge is 0.410 e. The topological polar surface area (TPSA) is 83.6 Å². The van der Waals surface area contributed by atoms with Crippen LogP contribution in [-0.4, -0.2) is 70.9 Å². The minimum absolute atomic E-state index is 0.222. The Bertz CT molecular complexity index is 830. The number of nitrogens with one attached hydrogen (secondary N) is 1. The van der Waals surface area contributed by atoms with Gasteiger partial charge in [-0.05, 0) is 51.2 Å². The van der Waals surface area contributed by atoms with Crippen LogP contribution < -0.4 is 4.90 Å². The molecule has 0 bridgehead atoms. The van der Waals surface area contributed by atoms with E-state index in [1.54, 1.807) is 0 Å². The zero-order valence-corrected chi connectivity index (χ0v) is 16.9. The second kappa shape index (κ2) is 7.58. The van der Waals surface area contributed by atoms with Gasteiger partial charge in [-0.1, -0.05) is 0 Å². The van der Waals surface area contributed by atoms with Gasteiger partial charge in [-0.3, -0.25) is 0 Å². The average Bonchev–Trinajstić information content (AvgIpc) is 3.12. The number of amides is 1. The SMILES string of the molecule is CC(C)(C)OC(=O)N1CCC(c2ccnc3[nH]c(N4CCOCC4)nc23)CC1. The van der Waals surface area contributed by atoms with Crippen LogP contribution in [0.5, 0.6) is 0 Å². The molecular formula is C20H29N5O3. The van der Waals surface area contributed by atoms with Gasteiger partial charge in [0.15, 0.2) is 5.65 Å². The third kappa shape index (κ3) is 4.06. The lowest BCUT2D eigenvalue weighted by atomic mass is 9.89. The zero-order chi connectivity index (χ0) is 19.7. The molecule has 8 heteroatoms. The Morgan fingerprint density at radius 2 is 1.93 bits per heavy atom. The number of hydrogen-bond acceptors (Lipinski definition) is 6. The molecule has 152 valence electrons. The van der Waals surface area contributed by atoms with E-state index in [-0.39, 0.29) is 6.09 Å². The van der Waals surface area contributed by atoms with Crippen molar-refractivity contribution in [1.82, 2.24) is 19.9 Å². The van der Waals surface area contributed by atoms with Crippen LogP contribution in [0.3, 0.4) is 0 Å². The number of carbonyl (C=O) groups is 1. The van der Waals surface area contributed by atoms with Gasteiger partial charge in [0.1, 0.15) is 11.1 Å². The van der Waals surface area contributed by atoms with Crippen LogP contribution in [0.15, 0.2) is 12.3 Å². The predicted molar refractivity (Wildman–Crippen MR) is 107 cm³/mol. The summed E-state index contributed by atoms with van der Waals surface area (Å²) in [6.45, 7) is 10.2. The van der Waals surface area contributed by atoms with E-state index in [4.69, 9.17) is 14.5 Å². The number of nitrogens with zero attached hydrogens (tertiary/aromatic N) is 4. The highest BCUT2D eigenvalue weighted by molar-refractivity contribution is 5.78. The molecule has 1 amide bonds. The molecule has 0 unspecified atom stereocenters. The Hall–Kier alpha value is -2.35. The van der Waals surface area contributed by atoms with Crippen LogP contribution in [0.2, 0.25) is 0 Å². The second-order valence-corrected chi connectivity index (χ2v) is 8.50. The van der Waals surface area contributed by atoms with Crippen LogP contribution in [0.4, 0.5) is 10.7 Å². The normalized spacial score (nSPS) is 19.2. The molecule has 2 aromatic heterocycles. The molecule has 0 atom stereocenters. The standard InChI is InChI=1S/C20H29N5O3/c1-20(2,3)28-19(26)25-8-5-14(6-9-25)15-4-7-21-17-16(15)22-18(23-17)24-10-12-27-13-11-24/h4,7,14H,5-6,8-13H2,1-3H3,(H,21,22,23). The van der Waals surface area contributed by atoms with Gasteiger partial charge >= 0.3 is 6.09 Å². The van der Waals surface area contributed by atoms with Gasteiger partial charge in [0.2, 0.25) is 5.95 Å². The Morgan fingerprint density at radius 1 is 1.21 bits per heavy atom. The first-order valence-electron chi connectivity index (χ1n) is 10.1. The van der Waals surface area contributed by atoms with E-state index in [1.807, 2.05) is 31.9 Å². The van der Waals surface area contributed by atoms with Crippen molar-refractivity contribution in [2.45, 2.75) is 45.1 Å². The number of carbonyl (C=O) groups excluding carboxylic acids is 1. The predicted octanol–water partition coefficient (Wildman–Crippen LogP) is 2.91. The quantitative estimate of drug-likeness (QED) is 0.853. The molecule has 4 heterocycles. The summed E-state index contributed by atoms with van der Waals surface area (Å²) in [5.41, 5.74) is 2.52. The number of H-pyrrole nitrogens is 1. The van der Waals surface area contributed by atoms with Gasteiger partial charge in [-0.15, -0.1) is 0 Å². The lowest BCUT2D eigenvalue weighted by Crippen LogP contribution is -2.41. The summed E-state index contributed by atoms with van der Waals surface area (Å²) < 4.78 is 10.9. The Kier molecular flexibility index (Phi) is 5.14. The van der Waals surface area contributed by atoms with E-state index >= 15 is 0 Å². The molecule has 0 radical (unpaired) electrons. The molecule has 1 N–H and O–H groups in total. The summed E-state index contributed by atoms with van der Waals surface area (Å²) in [6, 6.07) is 2.07. The Balaban J connectivity index is 1.47. The Morgan fingerprint density at radius 3 is 2.61 bits per heavy atom. The lowest BCUT2D eigenvalue weighted by Gasteiger charge is -2.33. The number of morpholine rings is 1. The molecule has 0 aliphatic carbocycles. The van der Waals surface area contributed by atoms with E-state index in [1.165, 1.54) is 5.56 Å². The fraction of sp³-hybridized carbons (Fsp3) is 0.650. The fourth-order valence-electron chi connectivity index (χ4n) is 3.87. The highest BCUT2D eigenvalue weighted by atomic mass is 16.6. The number of likely N-dealkylation sites (tertiary alicyclic amines) is 1. The molecule has 2 fully saturated rings. The van der Waals surface area contributed by atoms with Gasteiger partial charge < -0.3 is 24.3 Å². The Labute approximate surface area is 165 Å². The summed E-state index contributed by atoms with van der Waals surface area (Å²) in [5, 5.41) is 0. The number of rotatable bonds is 2. The van der Waals surface area contributed by atoms with Crippen molar-refractivity contribution < 1.29 is 14.3 Å². The van der Waals surface area contributed by atoms with Gasteiger partial charge in [0, 0.05) is 32.4 Å². The van der Waals surface area contributed by atoms with Crippen LogP contribution >= 0.6 is 0 Å². The monoisotopic (exact) mass is 387 g/mol. The van der Waals surface area contributed by atoms with Gasteiger partial charge in [0.05, 0.1) is 13.2 Å². The number of hydrogen-bond donors (Lipinski definition) is 1. The summed E-state index contributed by atoms with van der Waals surface area (Å²) in [7, 11) is 0. The summed E-state index contributed by atoms with van der Waals surface area (Å²) in [6.07, 6.45) is 3.43. The van der Waals surface area contributed by atoms with Gasteiger partial charge in [0.25, 0.3) is 0 Å². The van der Waals surface area contributed by atoms with Crippen molar-refractivity contribution in [1.29, 1.82) is 0 Å². The minimum Gasteiger partial charge on any atom is -0.444 e. The number of piperidine rings is 1. The number of pyridine rings is 1. The number of fused-ring (bicyclic) bond motifs is 1. The fourth-order valence-corrected chi connectivity index (χ4v) is 3.87. The number of anilines is 1. The number of imidazole rings is 1. The zero-order valence-electron chi connectivity index (χ0n) is 16.9. The van der Waals surface area contributed by atoms with Crippen molar-refractivity contribution in [2.24, 2.45) is 0 Å². The van der Waals surface area contributed by atoms with Crippen LogP contribution in [0.25, 0.3) is 11.2 Å². The largest absolute Gasteiger partial charge is 0.444 e. The van der Waals surface area contributed by atoms with Crippen molar-refractivity contribution in [2.75, 3.05) is 44.3 Å². The molecule has 28 heavy (non-hydrogen) atoms. The van der Waals surface area contributed by atoms with Crippen LogP contribution in [-0.2, 0) is 9.47 Å². The molecule has 4 rings (SSSR count). The molecular weight excluding hydrogens is 358 g/mol. The van der Waals surface area contributed by atoms with Crippen molar-refractivity contribution in [3.63, 3.8) is 0 Å². The van der Waals surface area contributed by atoms with E-state index in [0.717, 1.165) is 56.3 Å². The molecule has 0 spiro atoms. The van der Waals surface area contributed by atoms with Crippen LogP contribution in [0.1, 0.15) is 45.1 Å². The number of aromatic amines is 1. The third-order valence-corrected chi connectivity index (χ3v) is 5.30. The molecule has 8 nitrogen and oxygen atoms in total. The average molecular weight is 387 g/mol. The van der Waals surface area contributed by atoms with Gasteiger partial charge in [-0.2, -0.15) is 0 Å². The lowest BCUT2D eigenvalue weighted by molar-refractivity contribution is 0.0205. The number of ether oxygens (including phenoxy) is 2. The molecule has 2 saturated heterocycles. The molecule has 0 aromatic carbocycles. The first-order valence-corrected chi connectivity index (χ1v) is 10.1. The molecule has 0 saturated carbocycles. The maximum atomic E-state index is 12.3. The summed E-state index contributed by atoms with van der Waals surface area (Å²) in [4.78, 5) is 29.0. The van der Waals surface area contributed by atoms with E-state index < -0.39 is 5.60 Å². The van der Waals surface area contributed by atoms with Crippen LogP contribution in [0, 0.1) is 0 Å². The minimum atomic E-state index is -0.462.